The first kappa shape index (κ1) is 12.9. The Labute approximate surface area is 106 Å². The fourth-order valence-electron chi connectivity index (χ4n) is 1.47. The second kappa shape index (κ2) is 5.01. The maximum atomic E-state index is 12.5. The molecule has 4 nitrogen and oxygen atoms in total. The maximum Gasteiger partial charge on any atom is 0.435 e. The molecule has 0 atom stereocenters. The van der Waals surface area contributed by atoms with Gasteiger partial charge < -0.3 is 5.32 Å². The fraction of sp³-hybridized carbons (Fsp3) is 0.400. The van der Waals surface area contributed by atoms with Crippen LogP contribution < -0.4 is 5.32 Å². The highest BCUT2D eigenvalue weighted by molar-refractivity contribution is 6.17. The van der Waals surface area contributed by atoms with Crippen molar-refractivity contribution in [3.8, 4) is 0 Å². The number of aromatic nitrogens is 3. The number of halogens is 4. The van der Waals surface area contributed by atoms with Gasteiger partial charge in [0.2, 0.25) is 0 Å². The van der Waals surface area contributed by atoms with Crippen LogP contribution in [0.5, 0.6) is 0 Å². The van der Waals surface area contributed by atoms with Crippen LogP contribution in [0.4, 0.5) is 19.0 Å². The van der Waals surface area contributed by atoms with Crippen LogP contribution in [0.3, 0.4) is 0 Å². The van der Waals surface area contributed by atoms with E-state index in [4.69, 9.17) is 11.6 Å². The minimum Gasteiger partial charge on any atom is -0.368 e. The van der Waals surface area contributed by atoms with Crippen LogP contribution in [-0.4, -0.2) is 27.0 Å². The first-order chi connectivity index (χ1) is 8.52. The smallest absolute Gasteiger partial charge is 0.368 e. The largest absolute Gasteiger partial charge is 0.435 e. The summed E-state index contributed by atoms with van der Waals surface area (Å²) in [5, 5.41) is 6.39. The molecule has 0 aromatic carbocycles. The Bertz CT molecular complexity index is 537. The molecule has 8 heteroatoms. The monoisotopic (exact) mass is 278 g/mol. The second-order valence-electron chi connectivity index (χ2n) is 3.60. The Hall–Kier alpha value is -1.50. The molecule has 2 rings (SSSR count). The molecule has 0 fully saturated rings. The van der Waals surface area contributed by atoms with Gasteiger partial charge in [0, 0.05) is 30.9 Å². The normalized spacial score (nSPS) is 12.0. The lowest BCUT2D eigenvalue weighted by atomic mass is 10.3. The lowest BCUT2D eigenvalue weighted by molar-refractivity contribution is -0.141. The summed E-state index contributed by atoms with van der Waals surface area (Å²) in [5.74, 6) is 0.842. The van der Waals surface area contributed by atoms with Gasteiger partial charge in [0.1, 0.15) is 5.52 Å². The number of anilines is 1. The van der Waals surface area contributed by atoms with Crippen LogP contribution in [-0.2, 0) is 6.18 Å². The van der Waals surface area contributed by atoms with Gasteiger partial charge in [-0.05, 0) is 6.42 Å². The van der Waals surface area contributed by atoms with Crippen molar-refractivity contribution in [3.63, 3.8) is 0 Å². The Morgan fingerprint density at radius 3 is 2.83 bits per heavy atom. The molecule has 0 amide bonds. The summed E-state index contributed by atoms with van der Waals surface area (Å²) in [5.41, 5.74) is -0.643. The molecule has 0 aliphatic heterocycles. The zero-order valence-corrected chi connectivity index (χ0v) is 9.96. The molecular weight excluding hydrogens is 269 g/mol. The van der Waals surface area contributed by atoms with Crippen molar-refractivity contribution in [2.24, 2.45) is 0 Å². The first-order valence-electron chi connectivity index (χ1n) is 5.24. The van der Waals surface area contributed by atoms with E-state index in [9.17, 15) is 13.2 Å². The van der Waals surface area contributed by atoms with Crippen molar-refractivity contribution in [2.75, 3.05) is 17.7 Å². The van der Waals surface area contributed by atoms with Gasteiger partial charge in [-0.1, -0.05) is 0 Å². The van der Waals surface area contributed by atoms with E-state index in [2.05, 4.69) is 15.4 Å². The lowest BCUT2D eigenvalue weighted by Gasteiger charge is -2.04. The van der Waals surface area contributed by atoms with Gasteiger partial charge >= 0.3 is 6.18 Å². The summed E-state index contributed by atoms with van der Waals surface area (Å²) >= 11 is 5.52. The zero-order valence-electron chi connectivity index (χ0n) is 9.21. The Morgan fingerprint density at radius 1 is 1.39 bits per heavy atom. The molecule has 0 bridgehead atoms. The molecule has 0 aliphatic rings. The number of nitrogens with one attached hydrogen (secondary N) is 1. The van der Waals surface area contributed by atoms with E-state index < -0.39 is 11.9 Å². The maximum absolute atomic E-state index is 12.5. The second-order valence-corrected chi connectivity index (χ2v) is 3.98. The van der Waals surface area contributed by atoms with Crippen molar-refractivity contribution >= 4 is 22.9 Å². The third kappa shape index (κ3) is 2.66. The van der Waals surface area contributed by atoms with E-state index >= 15 is 0 Å². The molecular formula is C10H10ClF3N4. The third-order valence-corrected chi connectivity index (χ3v) is 2.55. The molecule has 0 spiro atoms. The van der Waals surface area contributed by atoms with Crippen molar-refractivity contribution < 1.29 is 13.2 Å². The molecule has 0 saturated heterocycles. The number of nitrogens with zero attached hydrogens (tertiary/aromatic N) is 3. The summed E-state index contributed by atoms with van der Waals surface area (Å²) in [6.45, 7) is 0.544. The fourth-order valence-corrected chi connectivity index (χ4v) is 1.60. The highest BCUT2D eigenvalue weighted by Crippen LogP contribution is 2.29. The molecule has 0 unspecified atom stereocenters. The van der Waals surface area contributed by atoms with Crippen LogP contribution in [0, 0.1) is 0 Å². The van der Waals surface area contributed by atoms with Crippen LogP contribution in [0.1, 0.15) is 12.1 Å². The molecule has 1 N–H and O–H groups in total. The van der Waals surface area contributed by atoms with Crippen molar-refractivity contribution in [2.45, 2.75) is 12.6 Å². The van der Waals surface area contributed by atoms with E-state index in [-0.39, 0.29) is 0 Å². The molecule has 2 heterocycles. The average molecular weight is 279 g/mol. The Balaban J connectivity index is 2.33. The Morgan fingerprint density at radius 2 is 2.17 bits per heavy atom. The van der Waals surface area contributed by atoms with Crippen LogP contribution in [0.2, 0.25) is 0 Å². The van der Waals surface area contributed by atoms with E-state index in [1.54, 1.807) is 0 Å². The van der Waals surface area contributed by atoms with Gasteiger partial charge in [-0.3, -0.25) is 0 Å². The van der Waals surface area contributed by atoms with Crippen molar-refractivity contribution in [1.29, 1.82) is 0 Å². The van der Waals surface area contributed by atoms with Crippen LogP contribution in [0.25, 0.3) is 5.52 Å². The van der Waals surface area contributed by atoms with E-state index in [0.717, 1.165) is 10.6 Å². The zero-order chi connectivity index (χ0) is 13.2. The van der Waals surface area contributed by atoms with Gasteiger partial charge in [-0.25, -0.2) is 9.50 Å². The minimum absolute atomic E-state index is 0.291. The number of hydrogen-bond donors (Lipinski definition) is 1. The number of rotatable bonds is 4. The number of alkyl halides is 4. The SMILES string of the molecule is FC(F)(F)c1cc2c(NCCCCl)nccn2n1. The predicted octanol–water partition coefficient (Wildman–Crippen LogP) is 2.79. The predicted molar refractivity (Wildman–Crippen MR) is 61.8 cm³/mol. The van der Waals surface area contributed by atoms with Crippen molar-refractivity contribution in [3.05, 3.63) is 24.2 Å². The standard InChI is InChI=1S/C10H10ClF3N4/c11-2-1-3-15-9-7-6-8(10(12,13)14)17-18(7)5-4-16-9/h4-6H,1-3H2,(H,15,16). The summed E-state index contributed by atoms with van der Waals surface area (Å²) in [6.07, 6.45) is -0.996. The van der Waals surface area contributed by atoms with Gasteiger partial charge in [-0.15, -0.1) is 11.6 Å². The van der Waals surface area contributed by atoms with Crippen LogP contribution >= 0.6 is 11.6 Å². The number of hydrogen-bond acceptors (Lipinski definition) is 3. The highest BCUT2D eigenvalue weighted by Gasteiger charge is 2.34. The van der Waals surface area contributed by atoms with Gasteiger partial charge in [0.05, 0.1) is 0 Å². The summed E-state index contributed by atoms with van der Waals surface area (Å²) in [7, 11) is 0. The highest BCUT2D eigenvalue weighted by atomic mass is 35.5. The average Bonchev–Trinajstić information content (AvgIpc) is 2.73. The third-order valence-electron chi connectivity index (χ3n) is 2.28. The first-order valence-corrected chi connectivity index (χ1v) is 5.77. The summed E-state index contributed by atoms with van der Waals surface area (Å²) < 4.78 is 38.7. The van der Waals surface area contributed by atoms with E-state index in [1.807, 2.05) is 0 Å². The van der Waals surface area contributed by atoms with E-state index in [1.165, 1.54) is 12.4 Å². The lowest BCUT2D eigenvalue weighted by Crippen LogP contribution is -2.06. The molecule has 0 saturated carbocycles. The van der Waals surface area contributed by atoms with Gasteiger partial charge in [-0.2, -0.15) is 18.3 Å². The summed E-state index contributed by atoms with van der Waals surface area (Å²) in [4.78, 5) is 3.99. The Kier molecular flexibility index (Phi) is 3.60. The minimum atomic E-state index is -4.46. The molecule has 2 aromatic heterocycles. The van der Waals surface area contributed by atoms with Gasteiger partial charge in [0.15, 0.2) is 11.5 Å². The molecule has 98 valence electrons. The van der Waals surface area contributed by atoms with E-state index in [0.29, 0.717) is 30.2 Å². The molecule has 2 aromatic rings. The summed E-state index contributed by atoms with van der Waals surface area (Å²) in [6, 6.07) is 0.968. The topological polar surface area (TPSA) is 42.2 Å². The van der Waals surface area contributed by atoms with Crippen molar-refractivity contribution in [1.82, 2.24) is 14.6 Å². The molecule has 0 aliphatic carbocycles. The van der Waals surface area contributed by atoms with Crippen LogP contribution in [0.15, 0.2) is 18.5 Å². The molecule has 18 heavy (non-hydrogen) atoms. The molecule has 0 radical (unpaired) electrons. The quantitative estimate of drug-likeness (QED) is 0.691. The number of fused-ring (bicyclic) bond motifs is 1. The van der Waals surface area contributed by atoms with Gasteiger partial charge in [0.25, 0.3) is 0 Å².